The molecule has 1 atom stereocenters. The Kier molecular flexibility index (Phi) is 5.03. The quantitative estimate of drug-likeness (QED) is 0.923. The average molecular weight is 285 g/mol. The van der Waals surface area contributed by atoms with Crippen LogP contribution in [0.4, 0.5) is 0 Å². The summed E-state index contributed by atoms with van der Waals surface area (Å²) in [5.41, 5.74) is 0.866. The molecule has 0 bridgehead atoms. The van der Waals surface area contributed by atoms with Gasteiger partial charge in [-0.15, -0.1) is 0 Å². The third kappa shape index (κ3) is 3.84. The fourth-order valence-corrected chi connectivity index (χ4v) is 3.17. The molecule has 3 heteroatoms. The van der Waals surface area contributed by atoms with Crippen molar-refractivity contribution in [2.75, 3.05) is 26.7 Å². The Balaban J connectivity index is 2.16. The molecule has 1 unspecified atom stereocenters. The maximum Gasteiger partial charge on any atom is 0.144 e. The van der Waals surface area contributed by atoms with Crippen molar-refractivity contribution in [2.24, 2.45) is 5.41 Å². The van der Waals surface area contributed by atoms with Gasteiger partial charge in [-0.2, -0.15) is 5.26 Å². The molecular formula is C18H27N3. The van der Waals surface area contributed by atoms with Gasteiger partial charge in [-0.1, -0.05) is 44.2 Å². The first kappa shape index (κ1) is 16.0. The molecule has 114 valence electrons. The normalized spacial score (nSPS) is 22.0. The van der Waals surface area contributed by atoms with Gasteiger partial charge in [-0.3, -0.25) is 5.32 Å². The lowest BCUT2D eigenvalue weighted by molar-refractivity contribution is 0.214. The number of rotatable bonds is 4. The Morgan fingerprint density at radius 1 is 1.24 bits per heavy atom. The van der Waals surface area contributed by atoms with Gasteiger partial charge in [0.05, 0.1) is 6.07 Å². The molecule has 2 rings (SSSR count). The second-order valence-electron chi connectivity index (χ2n) is 6.93. The summed E-state index contributed by atoms with van der Waals surface area (Å²) in [7, 11) is 1.89. The number of hydrogen-bond acceptors (Lipinski definition) is 3. The van der Waals surface area contributed by atoms with Crippen LogP contribution in [0.5, 0.6) is 0 Å². The van der Waals surface area contributed by atoms with Crippen LogP contribution in [0.2, 0.25) is 0 Å². The van der Waals surface area contributed by atoms with Crippen LogP contribution < -0.4 is 5.32 Å². The monoisotopic (exact) mass is 285 g/mol. The summed E-state index contributed by atoms with van der Waals surface area (Å²) in [5, 5.41) is 13.1. The molecule has 1 aliphatic rings. The molecule has 1 aromatic carbocycles. The van der Waals surface area contributed by atoms with Crippen LogP contribution in [-0.4, -0.2) is 31.6 Å². The Hall–Kier alpha value is -1.37. The average Bonchev–Trinajstić information content (AvgIpc) is 2.67. The second-order valence-corrected chi connectivity index (χ2v) is 6.93. The molecule has 0 saturated carbocycles. The van der Waals surface area contributed by atoms with E-state index >= 15 is 0 Å². The Morgan fingerprint density at radius 2 is 1.95 bits per heavy atom. The Labute approximate surface area is 129 Å². The first-order chi connectivity index (χ1) is 10.0. The molecule has 1 fully saturated rings. The van der Waals surface area contributed by atoms with Gasteiger partial charge >= 0.3 is 0 Å². The molecule has 21 heavy (non-hydrogen) atoms. The third-order valence-corrected chi connectivity index (χ3v) is 4.78. The molecule has 3 nitrogen and oxygen atoms in total. The number of nitrogens with zero attached hydrogens (tertiary/aromatic N) is 2. The SMILES string of the molecule is CNC(C#N)(CN1CCCC(C)(C)CC1)c1ccccc1. The van der Waals surface area contributed by atoms with Crippen LogP contribution in [-0.2, 0) is 5.54 Å². The maximum atomic E-state index is 9.79. The van der Waals surface area contributed by atoms with E-state index in [1.54, 1.807) is 0 Å². The fraction of sp³-hybridized carbons (Fsp3) is 0.611. The fourth-order valence-electron chi connectivity index (χ4n) is 3.17. The van der Waals surface area contributed by atoms with Crippen molar-refractivity contribution in [1.82, 2.24) is 10.2 Å². The molecule has 1 heterocycles. The number of nitriles is 1. The Morgan fingerprint density at radius 3 is 2.57 bits per heavy atom. The minimum absolute atomic E-state index is 0.427. The largest absolute Gasteiger partial charge is 0.300 e. The zero-order valence-electron chi connectivity index (χ0n) is 13.5. The number of hydrogen-bond donors (Lipinski definition) is 1. The topological polar surface area (TPSA) is 39.1 Å². The van der Waals surface area contributed by atoms with E-state index in [0.29, 0.717) is 5.41 Å². The summed E-state index contributed by atoms with van der Waals surface area (Å²) in [6, 6.07) is 12.6. The minimum atomic E-state index is -0.615. The van der Waals surface area contributed by atoms with E-state index in [9.17, 15) is 5.26 Å². The summed E-state index contributed by atoms with van der Waals surface area (Å²) < 4.78 is 0. The summed E-state index contributed by atoms with van der Waals surface area (Å²) in [6.07, 6.45) is 3.69. The van der Waals surface area contributed by atoms with Gasteiger partial charge in [0, 0.05) is 6.54 Å². The highest BCUT2D eigenvalue weighted by Gasteiger charge is 2.34. The van der Waals surface area contributed by atoms with Crippen LogP contribution in [0, 0.1) is 16.7 Å². The lowest BCUT2D eigenvalue weighted by Gasteiger charge is -2.33. The molecule has 0 radical (unpaired) electrons. The van der Waals surface area contributed by atoms with E-state index in [2.05, 4.69) is 30.1 Å². The third-order valence-electron chi connectivity index (χ3n) is 4.78. The summed E-state index contributed by atoms with van der Waals surface area (Å²) in [5.74, 6) is 0. The molecular weight excluding hydrogens is 258 g/mol. The van der Waals surface area contributed by atoms with Gasteiger partial charge in [-0.25, -0.2) is 0 Å². The molecule has 1 aromatic rings. The lowest BCUT2D eigenvalue weighted by atomic mass is 9.85. The van der Waals surface area contributed by atoms with Gasteiger partial charge in [0.25, 0.3) is 0 Å². The van der Waals surface area contributed by atoms with E-state index in [4.69, 9.17) is 0 Å². The van der Waals surface area contributed by atoms with Gasteiger partial charge in [0.2, 0.25) is 0 Å². The van der Waals surface area contributed by atoms with Crippen molar-refractivity contribution < 1.29 is 0 Å². The summed E-state index contributed by atoms with van der Waals surface area (Å²) in [4.78, 5) is 2.45. The highest BCUT2D eigenvalue weighted by Crippen LogP contribution is 2.31. The summed E-state index contributed by atoms with van der Waals surface area (Å²) >= 11 is 0. The van der Waals surface area contributed by atoms with Crippen molar-refractivity contribution in [2.45, 2.75) is 38.6 Å². The minimum Gasteiger partial charge on any atom is -0.300 e. The molecule has 0 aliphatic carbocycles. The smallest absolute Gasteiger partial charge is 0.144 e. The first-order valence-electron chi connectivity index (χ1n) is 7.89. The van der Waals surface area contributed by atoms with E-state index in [-0.39, 0.29) is 0 Å². The molecule has 0 amide bonds. The standard InChI is InChI=1S/C18H27N3/c1-17(2)10-7-12-21(13-11-17)15-18(14-19,20-3)16-8-5-4-6-9-16/h4-6,8-9,20H,7,10-13,15H2,1-3H3. The van der Waals surface area contributed by atoms with Crippen molar-refractivity contribution in [3.63, 3.8) is 0 Å². The molecule has 1 saturated heterocycles. The van der Waals surface area contributed by atoms with Crippen molar-refractivity contribution in [3.05, 3.63) is 35.9 Å². The van der Waals surface area contributed by atoms with Crippen LogP contribution in [0.25, 0.3) is 0 Å². The highest BCUT2D eigenvalue weighted by atomic mass is 15.2. The maximum absolute atomic E-state index is 9.79. The highest BCUT2D eigenvalue weighted by molar-refractivity contribution is 5.32. The first-order valence-corrected chi connectivity index (χ1v) is 7.89. The van der Waals surface area contributed by atoms with E-state index in [1.165, 1.54) is 19.3 Å². The summed E-state index contributed by atoms with van der Waals surface area (Å²) in [6.45, 7) is 7.61. The molecule has 1 N–H and O–H groups in total. The second kappa shape index (κ2) is 6.60. The van der Waals surface area contributed by atoms with Crippen LogP contribution in [0.3, 0.4) is 0 Å². The van der Waals surface area contributed by atoms with Gasteiger partial charge in [0.15, 0.2) is 0 Å². The zero-order valence-corrected chi connectivity index (χ0v) is 13.5. The van der Waals surface area contributed by atoms with Crippen molar-refractivity contribution in [3.8, 4) is 6.07 Å². The van der Waals surface area contributed by atoms with Crippen LogP contribution in [0.15, 0.2) is 30.3 Å². The van der Waals surface area contributed by atoms with E-state index in [1.807, 2.05) is 37.4 Å². The van der Waals surface area contributed by atoms with Crippen LogP contribution >= 0.6 is 0 Å². The Bertz CT molecular complexity index is 489. The number of likely N-dealkylation sites (tertiary alicyclic amines) is 1. The van der Waals surface area contributed by atoms with E-state index < -0.39 is 5.54 Å². The van der Waals surface area contributed by atoms with Gasteiger partial charge in [-0.05, 0) is 50.4 Å². The van der Waals surface area contributed by atoms with Gasteiger partial charge in [0.1, 0.15) is 5.54 Å². The number of benzene rings is 1. The molecule has 0 aromatic heterocycles. The van der Waals surface area contributed by atoms with Crippen molar-refractivity contribution >= 4 is 0 Å². The van der Waals surface area contributed by atoms with E-state index in [0.717, 1.165) is 25.2 Å². The number of nitrogens with one attached hydrogen (secondary N) is 1. The number of likely N-dealkylation sites (N-methyl/N-ethyl adjacent to an activating group) is 1. The van der Waals surface area contributed by atoms with Crippen molar-refractivity contribution in [1.29, 1.82) is 5.26 Å². The van der Waals surface area contributed by atoms with Gasteiger partial charge < -0.3 is 4.90 Å². The molecule has 0 spiro atoms. The molecule has 1 aliphatic heterocycles. The zero-order chi connectivity index (χ0) is 15.3. The predicted molar refractivity (Wildman–Crippen MR) is 86.9 cm³/mol. The van der Waals surface area contributed by atoms with Crippen LogP contribution in [0.1, 0.15) is 38.7 Å². The lowest BCUT2D eigenvalue weighted by Crippen LogP contribution is -2.49. The predicted octanol–water partition coefficient (Wildman–Crippen LogP) is 3.14.